The van der Waals surface area contributed by atoms with Crippen molar-refractivity contribution in [2.24, 2.45) is 0 Å². The summed E-state index contributed by atoms with van der Waals surface area (Å²) in [4.78, 5) is 14.5. The summed E-state index contributed by atoms with van der Waals surface area (Å²) < 4.78 is 12.8. The van der Waals surface area contributed by atoms with Crippen molar-refractivity contribution in [1.29, 1.82) is 0 Å². The molecule has 0 aromatic carbocycles. The monoisotopic (exact) mass is 222 g/mol. The first kappa shape index (κ1) is 10.2. The molecule has 0 aliphatic rings. The largest absolute Gasteiger partial charge is 0.355 e. The van der Waals surface area contributed by atoms with Crippen LogP contribution < -0.4 is 5.32 Å². The Labute approximate surface area is 83.9 Å². The Morgan fingerprint density at radius 3 is 2.69 bits per heavy atom. The molecule has 0 spiro atoms. The van der Waals surface area contributed by atoms with Gasteiger partial charge in [-0.05, 0) is 6.07 Å². The van der Waals surface area contributed by atoms with E-state index in [-0.39, 0.29) is 15.9 Å². The van der Waals surface area contributed by atoms with Gasteiger partial charge in [-0.3, -0.25) is 4.79 Å². The molecule has 3 nitrogen and oxygen atoms in total. The molecule has 6 heteroatoms. The highest BCUT2D eigenvalue weighted by Gasteiger charge is 2.13. The highest BCUT2D eigenvalue weighted by Crippen LogP contribution is 2.19. The fraction of sp³-hybridized carbons (Fsp3) is 0.143. The van der Waals surface area contributed by atoms with Crippen LogP contribution in [0.4, 0.5) is 4.39 Å². The third-order valence-corrected chi connectivity index (χ3v) is 1.91. The van der Waals surface area contributed by atoms with E-state index in [9.17, 15) is 9.18 Å². The Bertz CT molecular complexity index is 357. The van der Waals surface area contributed by atoms with Crippen molar-refractivity contribution < 1.29 is 9.18 Å². The van der Waals surface area contributed by atoms with Gasteiger partial charge in [0.05, 0.1) is 5.56 Å². The van der Waals surface area contributed by atoms with Gasteiger partial charge in [0.15, 0.2) is 11.0 Å². The second-order valence-electron chi connectivity index (χ2n) is 2.18. The predicted octanol–water partition coefficient (Wildman–Crippen LogP) is 1.89. The number of carbonyl (C=O) groups excluding carboxylic acids is 1. The topological polar surface area (TPSA) is 42.0 Å². The summed E-state index contributed by atoms with van der Waals surface area (Å²) in [6.07, 6.45) is 0. The Hall–Kier alpha value is -0.870. The van der Waals surface area contributed by atoms with E-state index < -0.39 is 11.7 Å². The molecule has 0 saturated carbocycles. The third-order valence-electron chi connectivity index (χ3n) is 1.36. The lowest BCUT2D eigenvalue weighted by Crippen LogP contribution is -2.18. The van der Waals surface area contributed by atoms with Gasteiger partial charge in [-0.25, -0.2) is 9.37 Å². The highest BCUT2D eigenvalue weighted by molar-refractivity contribution is 6.34. The van der Waals surface area contributed by atoms with Crippen LogP contribution in [0, 0.1) is 5.82 Å². The van der Waals surface area contributed by atoms with E-state index in [2.05, 4.69) is 10.3 Å². The van der Waals surface area contributed by atoms with Gasteiger partial charge in [0.2, 0.25) is 0 Å². The molecule has 1 rings (SSSR count). The first-order valence-electron chi connectivity index (χ1n) is 3.30. The molecular formula is C7H5Cl2FN2O. The molecule has 0 aliphatic carbocycles. The predicted molar refractivity (Wildman–Crippen MR) is 47.6 cm³/mol. The van der Waals surface area contributed by atoms with Gasteiger partial charge < -0.3 is 5.32 Å². The number of pyridine rings is 1. The second kappa shape index (κ2) is 3.89. The van der Waals surface area contributed by atoms with E-state index in [1.54, 1.807) is 0 Å². The lowest BCUT2D eigenvalue weighted by Gasteiger charge is -2.02. The third kappa shape index (κ3) is 2.08. The number of rotatable bonds is 1. The fourth-order valence-corrected chi connectivity index (χ4v) is 1.15. The molecule has 0 atom stereocenters. The molecule has 1 amide bonds. The smallest absolute Gasteiger partial charge is 0.254 e. The number of nitrogens with one attached hydrogen (secondary N) is 1. The van der Waals surface area contributed by atoms with E-state index >= 15 is 0 Å². The van der Waals surface area contributed by atoms with Crippen LogP contribution in [0.1, 0.15) is 10.4 Å². The molecule has 13 heavy (non-hydrogen) atoms. The molecule has 1 heterocycles. The molecule has 1 aromatic heterocycles. The number of amides is 1. The average Bonchev–Trinajstić information content (AvgIpc) is 2.10. The average molecular weight is 223 g/mol. The maximum absolute atomic E-state index is 12.8. The summed E-state index contributed by atoms with van der Waals surface area (Å²) >= 11 is 10.9. The van der Waals surface area contributed by atoms with Gasteiger partial charge >= 0.3 is 0 Å². The van der Waals surface area contributed by atoms with Crippen LogP contribution in [0.5, 0.6) is 0 Å². The number of aromatic nitrogens is 1. The van der Waals surface area contributed by atoms with Crippen molar-refractivity contribution in [2.75, 3.05) is 7.05 Å². The van der Waals surface area contributed by atoms with E-state index in [1.807, 2.05) is 0 Å². The summed E-state index contributed by atoms with van der Waals surface area (Å²) in [5, 5.41) is 1.83. The molecule has 0 radical (unpaired) electrons. The molecule has 1 aromatic rings. The lowest BCUT2D eigenvalue weighted by molar-refractivity contribution is 0.0962. The van der Waals surface area contributed by atoms with E-state index in [1.165, 1.54) is 7.05 Å². The zero-order chi connectivity index (χ0) is 10.0. The van der Waals surface area contributed by atoms with Crippen LogP contribution in [0.25, 0.3) is 0 Å². The van der Waals surface area contributed by atoms with Gasteiger partial charge in [0.1, 0.15) is 5.15 Å². The minimum Gasteiger partial charge on any atom is -0.355 e. The highest BCUT2D eigenvalue weighted by atomic mass is 35.5. The zero-order valence-electron chi connectivity index (χ0n) is 6.57. The molecule has 0 unspecified atom stereocenters. The Morgan fingerprint density at radius 1 is 1.54 bits per heavy atom. The minimum absolute atomic E-state index is 0.0360. The standard InChI is InChI=1S/C7H5Cl2FN2O/c1-11-7(13)3-2-4(10)6(9)12-5(3)8/h2H,1H3,(H,11,13). The summed E-state index contributed by atoms with van der Waals surface area (Å²) in [5.41, 5.74) is -0.0360. The van der Waals surface area contributed by atoms with Crippen LogP contribution in [0.3, 0.4) is 0 Å². The quantitative estimate of drug-likeness (QED) is 0.738. The summed E-state index contributed by atoms with van der Waals surface area (Å²) in [5.74, 6) is -1.28. The van der Waals surface area contributed by atoms with Crippen LogP contribution in [0.2, 0.25) is 10.3 Å². The van der Waals surface area contributed by atoms with Crippen molar-refractivity contribution >= 4 is 29.1 Å². The maximum Gasteiger partial charge on any atom is 0.254 e. The van der Waals surface area contributed by atoms with Crippen molar-refractivity contribution in [1.82, 2.24) is 10.3 Å². The fourth-order valence-electron chi connectivity index (χ4n) is 0.740. The Morgan fingerprint density at radius 2 is 2.15 bits per heavy atom. The number of hydrogen-bond acceptors (Lipinski definition) is 2. The first-order chi connectivity index (χ1) is 6.06. The molecule has 0 saturated heterocycles. The van der Waals surface area contributed by atoms with Crippen molar-refractivity contribution in [3.05, 3.63) is 27.8 Å². The number of hydrogen-bond donors (Lipinski definition) is 1. The SMILES string of the molecule is CNC(=O)c1cc(F)c(Cl)nc1Cl. The van der Waals surface area contributed by atoms with E-state index in [0.717, 1.165) is 6.07 Å². The van der Waals surface area contributed by atoms with Gasteiger partial charge in [-0.2, -0.15) is 0 Å². The summed E-state index contributed by atoms with van der Waals surface area (Å²) in [6.45, 7) is 0. The first-order valence-corrected chi connectivity index (χ1v) is 4.05. The van der Waals surface area contributed by atoms with Crippen LogP contribution in [-0.2, 0) is 0 Å². The maximum atomic E-state index is 12.8. The van der Waals surface area contributed by atoms with Crippen molar-refractivity contribution in [3.8, 4) is 0 Å². The molecule has 70 valence electrons. The molecular weight excluding hydrogens is 218 g/mol. The molecule has 1 N–H and O–H groups in total. The minimum atomic E-state index is -0.773. The van der Waals surface area contributed by atoms with Crippen molar-refractivity contribution in [2.45, 2.75) is 0 Å². The zero-order valence-corrected chi connectivity index (χ0v) is 8.08. The lowest BCUT2D eigenvalue weighted by atomic mass is 10.2. The summed E-state index contributed by atoms with van der Waals surface area (Å²) in [6, 6.07) is 0.941. The second-order valence-corrected chi connectivity index (χ2v) is 2.89. The van der Waals surface area contributed by atoms with Gasteiger partial charge in [-0.1, -0.05) is 23.2 Å². The summed E-state index contributed by atoms with van der Waals surface area (Å²) in [7, 11) is 1.41. The van der Waals surface area contributed by atoms with Crippen LogP contribution in [0.15, 0.2) is 6.07 Å². The number of carbonyl (C=O) groups is 1. The van der Waals surface area contributed by atoms with Gasteiger partial charge in [-0.15, -0.1) is 0 Å². The van der Waals surface area contributed by atoms with E-state index in [4.69, 9.17) is 23.2 Å². The van der Waals surface area contributed by atoms with Crippen molar-refractivity contribution in [3.63, 3.8) is 0 Å². The van der Waals surface area contributed by atoms with Gasteiger partial charge in [0.25, 0.3) is 5.91 Å². The molecule has 0 fully saturated rings. The Balaban J connectivity index is 3.23. The number of halogens is 3. The number of nitrogens with zero attached hydrogens (tertiary/aromatic N) is 1. The van der Waals surface area contributed by atoms with Crippen LogP contribution >= 0.6 is 23.2 Å². The molecule has 0 aliphatic heterocycles. The molecule has 0 bridgehead atoms. The Kier molecular flexibility index (Phi) is 3.06. The normalized spacial score (nSPS) is 9.85. The van der Waals surface area contributed by atoms with Crippen LogP contribution in [-0.4, -0.2) is 17.9 Å². The van der Waals surface area contributed by atoms with E-state index in [0.29, 0.717) is 0 Å². The van der Waals surface area contributed by atoms with Gasteiger partial charge in [0, 0.05) is 7.05 Å².